The van der Waals surface area contributed by atoms with Gasteiger partial charge in [0.15, 0.2) is 11.5 Å². The first kappa shape index (κ1) is 28.8. The first-order valence-electron chi connectivity index (χ1n) is 13.7. The maximum Gasteiger partial charge on any atom is 0.355 e. The first-order valence-corrected chi connectivity index (χ1v) is 13.7. The zero-order chi connectivity index (χ0) is 30.3. The van der Waals surface area contributed by atoms with Crippen LogP contribution >= 0.6 is 0 Å². The van der Waals surface area contributed by atoms with Crippen LogP contribution in [0.1, 0.15) is 43.5 Å². The van der Waals surface area contributed by atoms with Crippen molar-refractivity contribution in [3.05, 3.63) is 94.7 Å². The Morgan fingerprint density at radius 2 is 1.90 bits per heavy atom. The highest BCUT2D eigenvalue weighted by atomic mass is 19.1. The van der Waals surface area contributed by atoms with E-state index >= 15 is 4.39 Å². The average molecular weight is 571 g/mol. The van der Waals surface area contributed by atoms with E-state index in [4.69, 9.17) is 4.98 Å². The van der Waals surface area contributed by atoms with Crippen molar-refractivity contribution >= 4 is 28.8 Å². The van der Waals surface area contributed by atoms with Crippen LogP contribution in [0.5, 0.6) is 0 Å². The predicted molar refractivity (Wildman–Crippen MR) is 161 cm³/mol. The Hall–Kier alpha value is -4.73. The second-order valence-electron chi connectivity index (χ2n) is 10.7. The van der Waals surface area contributed by atoms with Crippen LogP contribution in [0.15, 0.2) is 66.4 Å². The largest absolute Gasteiger partial charge is 0.355 e. The Kier molecular flexibility index (Phi) is 7.73. The molecule has 1 aliphatic rings. The van der Waals surface area contributed by atoms with Gasteiger partial charge in [0.05, 0.1) is 16.8 Å². The second-order valence-corrected chi connectivity index (χ2v) is 10.7. The summed E-state index contributed by atoms with van der Waals surface area (Å²) in [6.45, 7) is 15.2. The fourth-order valence-electron chi connectivity index (χ4n) is 5.52. The molecule has 1 saturated heterocycles. The number of aryl methyl sites for hydroxylation is 1. The van der Waals surface area contributed by atoms with Crippen LogP contribution in [0.25, 0.3) is 34.1 Å². The predicted octanol–water partition coefficient (Wildman–Crippen LogP) is 5.58. The molecule has 8 nitrogen and oxygen atoms in total. The third-order valence-electron chi connectivity index (χ3n) is 7.58. The number of piperazine rings is 1. The molecule has 216 valence electrons. The van der Waals surface area contributed by atoms with Crippen molar-refractivity contribution in [1.29, 1.82) is 0 Å². The lowest BCUT2D eigenvalue weighted by atomic mass is 10.0. The maximum atomic E-state index is 16.0. The molecule has 3 aromatic heterocycles. The van der Waals surface area contributed by atoms with E-state index in [1.165, 1.54) is 15.5 Å². The molecule has 0 N–H and O–H groups in total. The molecule has 5 rings (SSSR count). The number of hydrogen-bond donors (Lipinski definition) is 0. The van der Waals surface area contributed by atoms with Crippen LogP contribution in [0.2, 0.25) is 0 Å². The van der Waals surface area contributed by atoms with Crippen molar-refractivity contribution in [3.8, 4) is 16.9 Å². The fraction of sp³-hybridized carbons (Fsp3) is 0.281. The Morgan fingerprint density at radius 3 is 2.57 bits per heavy atom. The number of amides is 1. The molecular weight excluding hydrogens is 538 g/mol. The molecular formula is C32H32F2N6O2. The number of anilines is 1. The summed E-state index contributed by atoms with van der Waals surface area (Å²) < 4.78 is 31.0. The summed E-state index contributed by atoms with van der Waals surface area (Å²) in [4.78, 5) is 43.2. The molecule has 4 heterocycles. The standard InChI is InChI=1S/C32H32F2N6O2/c1-7-22-10-8-9-11-23(22)27-25(34)16-24-29(39-15-14-38(17-20(39)5)31(41)21(6)33)37-32(42)40(30(24)36-27)28-19(4)12-13-35-26(28)18(2)3/h7-13,16,18,20H,1,6,14-15,17H2,2-5H3/t20-/m0/s1. The van der Waals surface area contributed by atoms with E-state index in [1.54, 1.807) is 24.4 Å². The smallest absolute Gasteiger partial charge is 0.350 e. The van der Waals surface area contributed by atoms with Crippen LogP contribution in [-0.2, 0) is 4.79 Å². The lowest BCUT2D eigenvalue weighted by Gasteiger charge is -2.40. The quantitative estimate of drug-likeness (QED) is 0.282. The molecule has 0 radical (unpaired) electrons. The first-order chi connectivity index (χ1) is 20.0. The summed E-state index contributed by atoms with van der Waals surface area (Å²) in [6.07, 6.45) is 3.32. The highest BCUT2D eigenvalue weighted by Crippen LogP contribution is 2.34. The SMILES string of the molecule is C=Cc1ccccc1-c1nc2c(cc1F)c(N1CCN(C(=O)C(=C)F)C[C@@H]1C)nc(=O)n2-c1c(C)ccnc1C(C)C. The van der Waals surface area contributed by atoms with Crippen molar-refractivity contribution in [3.63, 3.8) is 0 Å². The van der Waals surface area contributed by atoms with Crippen LogP contribution < -0.4 is 10.6 Å². The molecule has 42 heavy (non-hydrogen) atoms. The summed E-state index contributed by atoms with van der Waals surface area (Å²) in [5.41, 5.74) is 2.94. The van der Waals surface area contributed by atoms with Crippen LogP contribution in [0.4, 0.5) is 14.6 Å². The van der Waals surface area contributed by atoms with Gasteiger partial charge in [-0.3, -0.25) is 9.78 Å². The lowest BCUT2D eigenvalue weighted by Crippen LogP contribution is -2.54. The van der Waals surface area contributed by atoms with Gasteiger partial charge in [-0.15, -0.1) is 0 Å². The Morgan fingerprint density at radius 1 is 1.17 bits per heavy atom. The van der Waals surface area contributed by atoms with Gasteiger partial charge >= 0.3 is 5.69 Å². The lowest BCUT2D eigenvalue weighted by molar-refractivity contribution is -0.129. The van der Waals surface area contributed by atoms with Gasteiger partial charge < -0.3 is 9.80 Å². The number of halogens is 2. The maximum absolute atomic E-state index is 16.0. The van der Waals surface area contributed by atoms with Gasteiger partial charge in [-0.2, -0.15) is 4.98 Å². The molecule has 1 amide bonds. The van der Waals surface area contributed by atoms with Crippen molar-refractivity contribution in [2.24, 2.45) is 0 Å². The number of rotatable bonds is 6. The van der Waals surface area contributed by atoms with Crippen LogP contribution in [-0.4, -0.2) is 56.0 Å². The van der Waals surface area contributed by atoms with Gasteiger partial charge in [0.25, 0.3) is 5.91 Å². The Balaban J connectivity index is 1.80. The molecule has 0 spiro atoms. The van der Waals surface area contributed by atoms with Crippen LogP contribution in [0.3, 0.4) is 0 Å². The number of aromatic nitrogens is 4. The number of benzene rings is 1. The van der Waals surface area contributed by atoms with Gasteiger partial charge in [0, 0.05) is 37.4 Å². The summed E-state index contributed by atoms with van der Waals surface area (Å²) in [6, 6.07) is 9.99. The van der Waals surface area contributed by atoms with Gasteiger partial charge in [0.1, 0.15) is 17.3 Å². The number of pyridine rings is 2. The Bertz CT molecular complexity index is 1800. The average Bonchev–Trinajstić information content (AvgIpc) is 2.96. The molecule has 4 aromatic rings. The monoisotopic (exact) mass is 570 g/mol. The van der Waals surface area contributed by atoms with Gasteiger partial charge in [-0.1, -0.05) is 57.3 Å². The molecule has 1 fully saturated rings. The zero-order valence-corrected chi connectivity index (χ0v) is 24.1. The van der Waals surface area contributed by atoms with E-state index in [9.17, 15) is 14.0 Å². The van der Waals surface area contributed by atoms with E-state index in [1.807, 2.05) is 50.8 Å². The van der Waals surface area contributed by atoms with E-state index in [2.05, 4.69) is 23.1 Å². The highest BCUT2D eigenvalue weighted by molar-refractivity contribution is 5.92. The fourth-order valence-corrected chi connectivity index (χ4v) is 5.52. The molecule has 1 atom stereocenters. The minimum Gasteiger partial charge on any atom is -0.350 e. The number of carbonyl (C=O) groups is 1. The third kappa shape index (κ3) is 4.97. The summed E-state index contributed by atoms with van der Waals surface area (Å²) in [7, 11) is 0. The molecule has 1 aromatic carbocycles. The number of nitrogens with zero attached hydrogens (tertiary/aromatic N) is 6. The summed E-state index contributed by atoms with van der Waals surface area (Å²) >= 11 is 0. The minimum absolute atomic E-state index is 0.0289. The second kappa shape index (κ2) is 11.3. The van der Waals surface area contributed by atoms with Gasteiger partial charge in [-0.25, -0.2) is 23.1 Å². The van der Waals surface area contributed by atoms with Gasteiger partial charge in [0.2, 0.25) is 0 Å². The molecule has 1 aliphatic heterocycles. The van der Waals surface area contributed by atoms with E-state index in [0.717, 1.165) is 5.56 Å². The molecule has 0 saturated carbocycles. The number of carbonyl (C=O) groups excluding carboxylic acids is 1. The molecule has 0 aliphatic carbocycles. The van der Waals surface area contributed by atoms with Crippen molar-refractivity contribution in [2.75, 3.05) is 24.5 Å². The topological polar surface area (TPSA) is 84.2 Å². The summed E-state index contributed by atoms with van der Waals surface area (Å²) in [5.74, 6) is -2.19. The molecule has 0 bridgehead atoms. The zero-order valence-electron chi connectivity index (χ0n) is 24.1. The van der Waals surface area contributed by atoms with Crippen molar-refractivity contribution < 1.29 is 13.6 Å². The van der Waals surface area contributed by atoms with E-state index in [0.29, 0.717) is 27.9 Å². The normalized spacial score (nSPS) is 15.4. The van der Waals surface area contributed by atoms with E-state index < -0.39 is 23.2 Å². The molecule has 0 unspecified atom stereocenters. The number of fused-ring (bicyclic) bond motifs is 1. The highest BCUT2D eigenvalue weighted by Gasteiger charge is 2.32. The van der Waals surface area contributed by atoms with Crippen molar-refractivity contribution in [1.82, 2.24) is 24.4 Å². The van der Waals surface area contributed by atoms with Crippen molar-refractivity contribution in [2.45, 2.75) is 39.7 Å². The Labute approximate surface area is 242 Å². The number of hydrogen-bond acceptors (Lipinski definition) is 6. The van der Waals surface area contributed by atoms with Crippen LogP contribution in [0, 0.1) is 12.7 Å². The minimum atomic E-state index is -1.03. The van der Waals surface area contributed by atoms with E-state index in [-0.39, 0.29) is 48.8 Å². The third-order valence-corrected chi connectivity index (χ3v) is 7.58. The molecule has 10 heteroatoms. The summed E-state index contributed by atoms with van der Waals surface area (Å²) in [5, 5.41) is 0.325. The van der Waals surface area contributed by atoms with Gasteiger partial charge in [-0.05, 0) is 43.0 Å².